The normalized spacial score (nSPS) is 14.7. The van der Waals surface area contributed by atoms with Crippen molar-refractivity contribution < 1.29 is 9.00 Å². The molecule has 176 valence electrons. The second-order valence-corrected chi connectivity index (χ2v) is 9.16. The molecule has 2 aromatic rings. The second kappa shape index (κ2) is 13.3. The fraction of sp³-hybridized carbons (Fsp3) is 0.250. The summed E-state index contributed by atoms with van der Waals surface area (Å²) >= 11 is 6.81. The largest absolute Gasteiger partial charge is 0.337 e. The summed E-state index contributed by atoms with van der Waals surface area (Å²) in [6.45, 7) is 6.35. The third-order valence-corrected chi connectivity index (χ3v) is 6.38. The molecule has 1 aliphatic carbocycles. The van der Waals surface area contributed by atoms with Gasteiger partial charge in [0.2, 0.25) is 0 Å². The van der Waals surface area contributed by atoms with Crippen LogP contribution in [0, 0.1) is 6.92 Å². The average Bonchev–Trinajstić information content (AvgIpc) is 2.82. The number of carbonyl (C=O) groups excluding carboxylic acids is 1. The minimum Gasteiger partial charge on any atom is -0.337 e. The molecule has 0 heterocycles. The summed E-state index contributed by atoms with van der Waals surface area (Å²) in [7, 11) is 0.208. The molecule has 6 nitrogen and oxygen atoms in total. The molecule has 0 aromatic heterocycles. The number of anilines is 1. The zero-order valence-corrected chi connectivity index (χ0v) is 21.6. The standard InChI is InChI=1S/C22H23ClN4O2S2.C2H6/c1-15-6-11-20(22(28)27(2)14-16-7-9-17(23)10-8-16)21(12-15)26-31(29)19-5-3-4-18(13-19)25-30-24;1-2/h3-12,26H,13-14,24H2,1-2H3;1-2H3/b25-18-;. The second-order valence-electron chi connectivity index (χ2n) is 7.06. The Bertz CT molecular complexity index is 1080. The van der Waals surface area contributed by atoms with E-state index in [0.29, 0.717) is 34.1 Å². The number of hydrogen-bond acceptors (Lipinski definition) is 5. The van der Waals surface area contributed by atoms with Gasteiger partial charge < -0.3 is 9.62 Å². The molecule has 9 heteroatoms. The van der Waals surface area contributed by atoms with Crippen molar-refractivity contribution in [2.45, 2.75) is 33.7 Å². The Hall–Kier alpha value is -2.39. The summed E-state index contributed by atoms with van der Waals surface area (Å²) in [6.07, 6.45) is 5.82. The molecule has 1 amide bonds. The highest BCUT2D eigenvalue weighted by Crippen LogP contribution is 2.24. The van der Waals surface area contributed by atoms with Crippen LogP contribution in [0.1, 0.15) is 41.8 Å². The van der Waals surface area contributed by atoms with Crippen LogP contribution < -0.4 is 9.86 Å². The average molecular weight is 505 g/mol. The van der Waals surface area contributed by atoms with E-state index in [1.807, 2.05) is 51.1 Å². The van der Waals surface area contributed by atoms with E-state index in [2.05, 4.69) is 9.12 Å². The maximum absolute atomic E-state index is 13.1. The van der Waals surface area contributed by atoms with Crippen molar-refractivity contribution in [1.29, 1.82) is 0 Å². The zero-order chi connectivity index (χ0) is 24.4. The summed E-state index contributed by atoms with van der Waals surface area (Å²) in [5, 5.41) is 6.05. The van der Waals surface area contributed by atoms with Gasteiger partial charge in [-0.1, -0.05) is 49.7 Å². The molecule has 0 saturated heterocycles. The van der Waals surface area contributed by atoms with Gasteiger partial charge in [0, 0.05) is 29.9 Å². The molecule has 1 atom stereocenters. The number of nitrogens with zero attached hydrogens (tertiary/aromatic N) is 2. The number of halogens is 1. The first-order chi connectivity index (χ1) is 15.9. The first-order valence-electron chi connectivity index (χ1n) is 10.5. The molecule has 2 aromatic carbocycles. The van der Waals surface area contributed by atoms with Crippen LogP contribution in [0.3, 0.4) is 0 Å². The Morgan fingerprint density at radius 3 is 2.61 bits per heavy atom. The van der Waals surface area contributed by atoms with Gasteiger partial charge in [-0.15, -0.1) is 0 Å². The number of nitrogens with one attached hydrogen (secondary N) is 1. The Kier molecular flexibility index (Phi) is 10.9. The maximum atomic E-state index is 13.1. The molecule has 0 saturated carbocycles. The minimum atomic E-state index is -1.53. The van der Waals surface area contributed by atoms with Crippen LogP contribution in [-0.2, 0) is 17.5 Å². The number of aryl methyl sites for hydroxylation is 1. The van der Waals surface area contributed by atoms with E-state index < -0.39 is 11.0 Å². The van der Waals surface area contributed by atoms with Crippen LogP contribution in [0.5, 0.6) is 0 Å². The highest BCUT2D eigenvalue weighted by Gasteiger charge is 2.19. The van der Waals surface area contributed by atoms with Crippen molar-refractivity contribution in [3.63, 3.8) is 0 Å². The Labute approximate surface area is 207 Å². The third-order valence-electron chi connectivity index (χ3n) is 4.62. The van der Waals surface area contributed by atoms with Gasteiger partial charge in [-0.2, -0.15) is 0 Å². The van der Waals surface area contributed by atoms with Crippen molar-refractivity contribution in [2.24, 2.45) is 9.54 Å². The fourth-order valence-electron chi connectivity index (χ4n) is 3.06. The SMILES string of the molecule is CC.Cc1ccc(C(=O)N(C)Cc2ccc(Cl)cc2)c(NS(=O)C2=CC=C/C(=N/SN)C2)c1. The molecule has 1 aliphatic rings. The van der Waals surface area contributed by atoms with Gasteiger partial charge in [0.15, 0.2) is 0 Å². The Balaban J connectivity index is 0.00000187. The van der Waals surface area contributed by atoms with Gasteiger partial charge in [0.05, 0.1) is 29.1 Å². The van der Waals surface area contributed by atoms with E-state index in [-0.39, 0.29) is 5.91 Å². The Morgan fingerprint density at radius 2 is 1.94 bits per heavy atom. The zero-order valence-electron chi connectivity index (χ0n) is 19.2. The summed E-state index contributed by atoms with van der Waals surface area (Å²) in [5.41, 5.74) is 3.63. The lowest BCUT2D eigenvalue weighted by Crippen LogP contribution is -2.27. The topological polar surface area (TPSA) is 87.8 Å². The van der Waals surface area contributed by atoms with Gasteiger partial charge in [-0.05, 0) is 54.5 Å². The van der Waals surface area contributed by atoms with E-state index in [1.54, 1.807) is 42.3 Å². The number of benzene rings is 2. The summed E-state index contributed by atoms with van der Waals surface area (Å²) < 4.78 is 20.1. The van der Waals surface area contributed by atoms with Gasteiger partial charge in [0.25, 0.3) is 5.91 Å². The lowest BCUT2D eigenvalue weighted by Gasteiger charge is -2.20. The Morgan fingerprint density at radius 1 is 1.24 bits per heavy atom. The van der Waals surface area contributed by atoms with Gasteiger partial charge in [-0.25, -0.2) is 8.61 Å². The van der Waals surface area contributed by atoms with Gasteiger partial charge >= 0.3 is 0 Å². The summed E-state index contributed by atoms with van der Waals surface area (Å²) in [4.78, 5) is 15.4. The first kappa shape index (κ1) is 26.9. The van der Waals surface area contributed by atoms with Crippen LogP contribution in [-0.4, -0.2) is 27.8 Å². The van der Waals surface area contributed by atoms with Crippen molar-refractivity contribution in [1.82, 2.24) is 4.90 Å². The number of allylic oxidation sites excluding steroid dienone is 4. The lowest BCUT2D eigenvalue weighted by molar-refractivity contribution is 0.0786. The van der Waals surface area contributed by atoms with Crippen LogP contribution in [0.25, 0.3) is 0 Å². The van der Waals surface area contributed by atoms with Gasteiger partial charge in [-0.3, -0.25) is 9.93 Å². The molecule has 33 heavy (non-hydrogen) atoms. The van der Waals surface area contributed by atoms with E-state index in [1.165, 1.54) is 0 Å². The molecule has 3 rings (SSSR count). The highest BCUT2D eigenvalue weighted by molar-refractivity contribution is 7.95. The van der Waals surface area contributed by atoms with Crippen molar-refractivity contribution >= 4 is 52.0 Å². The van der Waals surface area contributed by atoms with Crippen LogP contribution in [0.15, 0.2) is 70.0 Å². The van der Waals surface area contributed by atoms with Gasteiger partial charge in [0.1, 0.15) is 11.0 Å². The van der Waals surface area contributed by atoms with E-state index in [9.17, 15) is 9.00 Å². The molecular formula is C24H29ClN4O2S2. The predicted octanol–water partition coefficient (Wildman–Crippen LogP) is 5.83. The van der Waals surface area contributed by atoms with Crippen LogP contribution in [0.4, 0.5) is 5.69 Å². The molecule has 3 N–H and O–H groups in total. The molecule has 0 aliphatic heterocycles. The molecule has 0 fully saturated rings. The van der Waals surface area contributed by atoms with Crippen molar-refractivity contribution in [3.05, 3.63) is 87.3 Å². The van der Waals surface area contributed by atoms with E-state index in [0.717, 1.165) is 29.0 Å². The monoisotopic (exact) mass is 504 g/mol. The number of hydrogen-bond donors (Lipinski definition) is 2. The summed E-state index contributed by atoms with van der Waals surface area (Å²) in [6, 6.07) is 12.8. The number of nitrogens with two attached hydrogens (primary N) is 1. The number of carbonyl (C=O) groups is 1. The number of amides is 1. The fourth-order valence-corrected chi connectivity index (χ4v) is 4.42. The third kappa shape index (κ3) is 7.85. The quantitative estimate of drug-likeness (QED) is 0.464. The minimum absolute atomic E-state index is 0.172. The first-order valence-corrected chi connectivity index (χ1v) is 12.8. The smallest absolute Gasteiger partial charge is 0.256 e. The van der Waals surface area contributed by atoms with Crippen molar-refractivity contribution in [3.8, 4) is 0 Å². The molecular weight excluding hydrogens is 476 g/mol. The van der Waals surface area contributed by atoms with Crippen LogP contribution in [0.2, 0.25) is 5.02 Å². The predicted molar refractivity (Wildman–Crippen MR) is 143 cm³/mol. The van der Waals surface area contributed by atoms with E-state index >= 15 is 0 Å². The molecule has 1 unspecified atom stereocenters. The van der Waals surface area contributed by atoms with Crippen molar-refractivity contribution in [2.75, 3.05) is 11.8 Å². The molecule has 0 radical (unpaired) electrons. The molecule has 0 spiro atoms. The molecule has 0 bridgehead atoms. The number of rotatable bonds is 7. The van der Waals surface area contributed by atoms with E-state index in [4.69, 9.17) is 16.7 Å². The highest BCUT2D eigenvalue weighted by atomic mass is 35.5. The summed E-state index contributed by atoms with van der Waals surface area (Å²) in [5.74, 6) is -0.172. The lowest BCUT2D eigenvalue weighted by atomic mass is 10.1. The maximum Gasteiger partial charge on any atom is 0.256 e. The van der Waals surface area contributed by atoms with Crippen LogP contribution >= 0.6 is 23.7 Å².